The van der Waals surface area contributed by atoms with Gasteiger partial charge in [0, 0.05) is 32.0 Å². The lowest BCUT2D eigenvalue weighted by molar-refractivity contribution is -0.141. The molecule has 1 fully saturated rings. The van der Waals surface area contributed by atoms with Crippen molar-refractivity contribution in [2.24, 2.45) is 0 Å². The third-order valence-corrected chi connectivity index (χ3v) is 3.56. The molecule has 0 aromatic carbocycles. The Balaban J connectivity index is 2.07. The van der Waals surface area contributed by atoms with Gasteiger partial charge in [0.25, 0.3) is 0 Å². The maximum Gasteiger partial charge on any atom is 0.326 e. The van der Waals surface area contributed by atoms with Gasteiger partial charge in [0.05, 0.1) is 0 Å². The van der Waals surface area contributed by atoms with Crippen LogP contribution in [0, 0.1) is 0 Å². The molecule has 1 N–H and O–H groups in total. The standard InChI is InChI=1S/C14H19N3O3/c1-2-16(10-11-5-7-15-8-6-11)14(20)17-9-3-4-12(17)13(18)19/h5-8,12H,2-4,9-10H2,1H3,(H,18,19)/t12-/m1/s1. The fourth-order valence-corrected chi connectivity index (χ4v) is 2.46. The van der Waals surface area contributed by atoms with Crippen LogP contribution in [0.1, 0.15) is 25.3 Å². The molecule has 1 atom stereocenters. The summed E-state index contributed by atoms with van der Waals surface area (Å²) in [5.74, 6) is -0.921. The van der Waals surface area contributed by atoms with Crippen LogP contribution >= 0.6 is 0 Å². The summed E-state index contributed by atoms with van der Waals surface area (Å²) in [7, 11) is 0. The fraction of sp³-hybridized carbons (Fsp3) is 0.500. The van der Waals surface area contributed by atoms with Crippen molar-refractivity contribution in [3.8, 4) is 0 Å². The molecule has 1 aromatic heterocycles. The highest BCUT2D eigenvalue weighted by atomic mass is 16.4. The quantitative estimate of drug-likeness (QED) is 0.906. The van der Waals surface area contributed by atoms with Gasteiger partial charge in [0.2, 0.25) is 0 Å². The Morgan fingerprint density at radius 3 is 2.75 bits per heavy atom. The summed E-state index contributed by atoms with van der Waals surface area (Å²) in [6, 6.07) is 2.83. The molecule has 108 valence electrons. The van der Waals surface area contributed by atoms with Crippen LogP contribution in [0.3, 0.4) is 0 Å². The number of likely N-dealkylation sites (tertiary alicyclic amines) is 1. The van der Waals surface area contributed by atoms with Crippen LogP contribution in [-0.4, -0.2) is 51.0 Å². The predicted octanol–water partition coefficient (Wildman–Crippen LogP) is 1.57. The number of carboxylic acid groups (broad SMARTS) is 1. The van der Waals surface area contributed by atoms with E-state index in [4.69, 9.17) is 5.11 Å². The van der Waals surface area contributed by atoms with E-state index in [1.807, 2.05) is 19.1 Å². The van der Waals surface area contributed by atoms with E-state index in [2.05, 4.69) is 4.98 Å². The molecule has 1 aromatic rings. The fourth-order valence-electron chi connectivity index (χ4n) is 2.46. The van der Waals surface area contributed by atoms with E-state index in [1.165, 1.54) is 4.90 Å². The number of amides is 2. The molecule has 6 heteroatoms. The van der Waals surface area contributed by atoms with Crippen LogP contribution in [0.2, 0.25) is 0 Å². The first-order chi connectivity index (χ1) is 9.63. The summed E-state index contributed by atoms with van der Waals surface area (Å²) in [4.78, 5) is 30.7. The molecule has 2 amide bonds. The molecule has 1 aliphatic heterocycles. The number of urea groups is 1. The number of pyridine rings is 1. The third-order valence-electron chi connectivity index (χ3n) is 3.56. The first kappa shape index (κ1) is 14.3. The Kier molecular flexibility index (Phi) is 4.55. The molecule has 2 rings (SSSR count). The molecule has 0 radical (unpaired) electrons. The van der Waals surface area contributed by atoms with Crippen molar-refractivity contribution in [2.45, 2.75) is 32.4 Å². The van der Waals surface area contributed by atoms with Gasteiger partial charge in [-0.2, -0.15) is 0 Å². The van der Waals surface area contributed by atoms with E-state index in [-0.39, 0.29) is 6.03 Å². The molecule has 1 saturated heterocycles. The van der Waals surface area contributed by atoms with Crippen molar-refractivity contribution in [3.05, 3.63) is 30.1 Å². The van der Waals surface area contributed by atoms with E-state index in [1.54, 1.807) is 17.3 Å². The van der Waals surface area contributed by atoms with Gasteiger partial charge in [-0.15, -0.1) is 0 Å². The zero-order chi connectivity index (χ0) is 14.5. The van der Waals surface area contributed by atoms with Crippen molar-refractivity contribution in [2.75, 3.05) is 13.1 Å². The van der Waals surface area contributed by atoms with E-state index < -0.39 is 12.0 Å². The van der Waals surface area contributed by atoms with E-state index in [0.29, 0.717) is 26.1 Å². The first-order valence-electron chi connectivity index (χ1n) is 6.80. The predicted molar refractivity (Wildman–Crippen MR) is 73.1 cm³/mol. The van der Waals surface area contributed by atoms with Crippen molar-refractivity contribution < 1.29 is 14.7 Å². The van der Waals surface area contributed by atoms with E-state index in [0.717, 1.165) is 12.0 Å². The zero-order valence-corrected chi connectivity index (χ0v) is 11.5. The second kappa shape index (κ2) is 6.36. The van der Waals surface area contributed by atoms with Gasteiger partial charge in [0.1, 0.15) is 6.04 Å². The monoisotopic (exact) mass is 277 g/mol. The van der Waals surface area contributed by atoms with Crippen molar-refractivity contribution >= 4 is 12.0 Å². The molecule has 20 heavy (non-hydrogen) atoms. The number of hydrogen-bond donors (Lipinski definition) is 1. The minimum Gasteiger partial charge on any atom is -0.480 e. The smallest absolute Gasteiger partial charge is 0.326 e. The van der Waals surface area contributed by atoms with Gasteiger partial charge >= 0.3 is 12.0 Å². The topological polar surface area (TPSA) is 73.7 Å². The summed E-state index contributed by atoms with van der Waals surface area (Å²) in [6.45, 7) is 3.43. The number of rotatable bonds is 4. The molecule has 0 saturated carbocycles. The molecule has 6 nitrogen and oxygen atoms in total. The Morgan fingerprint density at radius 2 is 2.15 bits per heavy atom. The highest BCUT2D eigenvalue weighted by molar-refractivity contribution is 5.83. The SMILES string of the molecule is CCN(Cc1ccncc1)C(=O)N1CCC[C@@H]1C(=O)O. The van der Waals surface area contributed by atoms with Crippen molar-refractivity contribution in [3.63, 3.8) is 0 Å². The van der Waals surface area contributed by atoms with Gasteiger partial charge < -0.3 is 14.9 Å². The van der Waals surface area contributed by atoms with Crippen LogP contribution in [0.15, 0.2) is 24.5 Å². The number of aromatic nitrogens is 1. The van der Waals surface area contributed by atoms with Crippen LogP contribution < -0.4 is 0 Å². The molecule has 0 spiro atoms. The Bertz CT molecular complexity index is 478. The van der Waals surface area contributed by atoms with Crippen molar-refractivity contribution in [1.82, 2.24) is 14.8 Å². The Hall–Kier alpha value is -2.11. The van der Waals surface area contributed by atoms with Crippen LogP contribution in [-0.2, 0) is 11.3 Å². The van der Waals surface area contributed by atoms with Crippen LogP contribution in [0.5, 0.6) is 0 Å². The maximum atomic E-state index is 12.5. The van der Waals surface area contributed by atoms with Gasteiger partial charge in [-0.1, -0.05) is 0 Å². The largest absolute Gasteiger partial charge is 0.480 e. The first-order valence-corrected chi connectivity index (χ1v) is 6.80. The minimum absolute atomic E-state index is 0.200. The maximum absolute atomic E-state index is 12.5. The zero-order valence-electron chi connectivity index (χ0n) is 11.5. The Labute approximate surface area is 118 Å². The molecule has 0 aliphatic carbocycles. The summed E-state index contributed by atoms with van der Waals surface area (Å²) in [5.41, 5.74) is 0.987. The second-order valence-electron chi connectivity index (χ2n) is 4.84. The molecule has 2 heterocycles. The van der Waals surface area contributed by atoms with Gasteiger partial charge in [-0.25, -0.2) is 9.59 Å². The van der Waals surface area contributed by atoms with Crippen molar-refractivity contribution in [1.29, 1.82) is 0 Å². The second-order valence-corrected chi connectivity index (χ2v) is 4.84. The molecule has 1 aliphatic rings. The summed E-state index contributed by atoms with van der Waals surface area (Å²) in [5, 5.41) is 9.16. The van der Waals surface area contributed by atoms with Gasteiger partial charge in [0.15, 0.2) is 0 Å². The summed E-state index contributed by atoms with van der Waals surface area (Å²) in [6.07, 6.45) is 4.65. The minimum atomic E-state index is -0.921. The molecule has 0 bridgehead atoms. The number of hydrogen-bond acceptors (Lipinski definition) is 3. The lowest BCUT2D eigenvalue weighted by Gasteiger charge is -2.29. The van der Waals surface area contributed by atoms with Crippen LogP contribution in [0.4, 0.5) is 4.79 Å². The number of carboxylic acids is 1. The van der Waals surface area contributed by atoms with E-state index >= 15 is 0 Å². The number of nitrogens with zero attached hydrogens (tertiary/aromatic N) is 3. The van der Waals surface area contributed by atoms with Gasteiger partial charge in [-0.3, -0.25) is 4.98 Å². The normalized spacial score (nSPS) is 18.1. The Morgan fingerprint density at radius 1 is 1.45 bits per heavy atom. The van der Waals surface area contributed by atoms with E-state index in [9.17, 15) is 9.59 Å². The summed E-state index contributed by atoms with van der Waals surface area (Å²) >= 11 is 0. The number of carbonyl (C=O) groups is 2. The third kappa shape index (κ3) is 3.07. The lowest BCUT2D eigenvalue weighted by Crippen LogP contribution is -2.47. The number of aliphatic carboxylic acids is 1. The highest BCUT2D eigenvalue weighted by Crippen LogP contribution is 2.20. The average Bonchev–Trinajstić information content (AvgIpc) is 2.94. The van der Waals surface area contributed by atoms with Gasteiger partial charge in [-0.05, 0) is 37.5 Å². The number of carbonyl (C=O) groups excluding carboxylic acids is 1. The lowest BCUT2D eigenvalue weighted by atomic mass is 10.2. The molecular weight excluding hydrogens is 258 g/mol. The average molecular weight is 277 g/mol. The highest BCUT2D eigenvalue weighted by Gasteiger charge is 2.35. The molecular formula is C14H19N3O3. The summed E-state index contributed by atoms with van der Waals surface area (Å²) < 4.78 is 0. The molecule has 0 unspecified atom stereocenters. The van der Waals surface area contributed by atoms with Crippen LogP contribution in [0.25, 0.3) is 0 Å².